The second kappa shape index (κ2) is 9.88. The SMILES string of the molecule is O=C1CCCc2c1ccc(OC(Cn1ccnc1)c1ccccc1)c2CS(=O)(=O)c1ccccc1. The highest BCUT2D eigenvalue weighted by Crippen LogP contribution is 2.36. The minimum atomic E-state index is -3.64. The van der Waals surface area contributed by atoms with Crippen molar-refractivity contribution in [3.63, 3.8) is 0 Å². The second-order valence-corrected chi connectivity index (χ2v) is 10.7. The fourth-order valence-electron chi connectivity index (χ4n) is 4.57. The number of sulfone groups is 1. The van der Waals surface area contributed by atoms with Crippen molar-refractivity contribution >= 4 is 15.6 Å². The van der Waals surface area contributed by atoms with Gasteiger partial charge in [-0.3, -0.25) is 4.79 Å². The van der Waals surface area contributed by atoms with E-state index >= 15 is 0 Å². The van der Waals surface area contributed by atoms with Gasteiger partial charge in [0.25, 0.3) is 0 Å². The van der Waals surface area contributed by atoms with Crippen molar-refractivity contribution in [2.45, 2.75) is 42.6 Å². The maximum absolute atomic E-state index is 13.4. The number of Topliss-reactive ketones (excluding diaryl/α,β-unsaturated/α-hetero) is 1. The largest absolute Gasteiger partial charge is 0.484 e. The maximum Gasteiger partial charge on any atom is 0.182 e. The van der Waals surface area contributed by atoms with E-state index in [0.717, 1.165) is 11.1 Å². The molecule has 1 aliphatic rings. The Morgan fingerprint density at radius 3 is 2.40 bits per heavy atom. The van der Waals surface area contributed by atoms with Crippen molar-refractivity contribution in [2.75, 3.05) is 0 Å². The Morgan fingerprint density at radius 1 is 0.943 bits per heavy atom. The quantitative estimate of drug-likeness (QED) is 0.342. The summed E-state index contributed by atoms with van der Waals surface area (Å²) in [5.41, 5.74) is 2.93. The Bertz CT molecular complexity index is 1420. The number of carbonyl (C=O) groups is 1. The summed E-state index contributed by atoms with van der Waals surface area (Å²) in [6.07, 6.45) is 6.76. The van der Waals surface area contributed by atoms with E-state index in [4.69, 9.17) is 4.74 Å². The molecule has 0 fully saturated rings. The van der Waals surface area contributed by atoms with Crippen molar-refractivity contribution < 1.29 is 17.9 Å². The third kappa shape index (κ3) is 5.05. The Hall–Kier alpha value is -3.71. The first-order valence-corrected chi connectivity index (χ1v) is 13.3. The Balaban J connectivity index is 1.58. The summed E-state index contributed by atoms with van der Waals surface area (Å²) in [6.45, 7) is 0.505. The third-order valence-corrected chi connectivity index (χ3v) is 7.99. The third-order valence-electron chi connectivity index (χ3n) is 6.33. The average Bonchev–Trinajstić information content (AvgIpc) is 3.39. The summed E-state index contributed by atoms with van der Waals surface area (Å²) >= 11 is 0. The number of hydrogen-bond acceptors (Lipinski definition) is 5. The molecule has 0 saturated heterocycles. The van der Waals surface area contributed by atoms with Gasteiger partial charge >= 0.3 is 0 Å². The average molecular weight is 487 g/mol. The van der Waals surface area contributed by atoms with E-state index in [1.54, 1.807) is 55.0 Å². The summed E-state index contributed by atoms with van der Waals surface area (Å²) in [6, 6.07) is 21.8. The molecule has 6 nitrogen and oxygen atoms in total. The van der Waals surface area contributed by atoms with Gasteiger partial charge in [-0.05, 0) is 48.2 Å². The molecule has 3 aromatic carbocycles. The van der Waals surface area contributed by atoms with Crippen LogP contribution in [0.1, 0.15) is 46.0 Å². The van der Waals surface area contributed by atoms with Crippen LogP contribution < -0.4 is 4.74 Å². The monoisotopic (exact) mass is 486 g/mol. The molecule has 7 heteroatoms. The molecule has 35 heavy (non-hydrogen) atoms. The van der Waals surface area contributed by atoms with Crippen molar-refractivity contribution in [2.24, 2.45) is 0 Å². The Kier molecular flexibility index (Phi) is 6.51. The highest BCUT2D eigenvalue weighted by molar-refractivity contribution is 7.90. The molecular weight excluding hydrogens is 460 g/mol. The summed E-state index contributed by atoms with van der Waals surface area (Å²) < 4.78 is 35.3. The molecule has 1 aliphatic carbocycles. The number of benzene rings is 3. The van der Waals surface area contributed by atoms with Crippen molar-refractivity contribution in [3.8, 4) is 5.75 Å². The zero-order valence-corrected chi connectivity index (χ0v) is 20.0. The van der Waals surface area contributed by atoms with Crippen LogP contribution in [0.15, 0.2) is 96.4 Å². The van der Waals surface area contributed by atoms with E-state index < -0.39 is 9.84 Å². The molecule has 4 aromatic rings. The zero-order valence-electron chi connectivity index (χ0n) is 19.2. The van der Waals surface area contributed by atoms with Crippen LogP contribution in [-0.4, -0.2) is 23.8 Å². The van der Waals surface area contributed by atoms with Crippen LogP contribution >= 0.6 is 0 Å². The van der Waals surface area contributed by atoms with Gasteiger partial charge in [0.05, 0.1) is 23.5 Å². The molecule has 0 aliphatic heterocycles. The first-order chi connectivity index (χ1) is 17.0. The molecular formula is C28H26N2O4S. The number of aromatic nitrogens is 2. The summed E-state index contributed by atoms with van der Waals surface area (Å²) in [5, 5.41) is 0. The normalized spacial score (nSPS) is 14.3. The molecule has 1 aromatic heterocycles. The van der Waals surface area contributed by atoms with Gasteiger partial charge in [0.1, 0.15) is 11.9 Å². The number of ketones is 1. The van der Waals surface area contributed by atoms with Crippen LogP contribution in [0.3, 0.4) is 0 Å². The Morgan fingerprint density at radius 2 is 1.69 bits per heavy atom. The fraction of sp³-hybridized carbons (Fsp3) is 0.214. The molecule has 178 valence electrons. The topological polar surface area (TPSA) is 78.3 Å². The van der Waals surface area contributed by atoms with E-state index in [2.05, 4.69) is 4.98 Å². The number of imidazole rings is 1. The number of hydrogen-bond donors (Lipinski definition) is 0. The number of nitrogens with zero attached hydrogens (tertiary/aromatic N) is 2. The number of carbonyl (C=O) groups excluding carboxylic acids is 1. The van der Waals surface area contributed by atoms with Gasteiger partial charge in [0, 0.05) is 29.9 Å². The van der Waals surface area contributed by atoms with E-state index in [0.29, 0.717) is 42.7 Å². The van der Waals surface area contributed by atoms with Gasteiger partial charge in [0.2, 0.25) is 0 Å². The molecule has 1 atom stereocenters. The predicted molar refractivity (Wildman–Crippen MR) is 133 cm³/mol. The van der Waals surface area contributed by atoms with Crippen LogP contribution in [0.25, 0.3) is 0 Å². The minimum absolute atomic E-state index is 0.0502. The molecule has 0 radical (unpaired) electrons. The summed E-state index contributed by atoms with van der Waals surface area (Å²) in [7, 11) is -3.64. The molecule has 1 unspecified atom stereocenters. The highest BCUT2D eigenvalue weighted by atomic mass is 32.2. The molecule has 0 saturated carbocycles. The number of rotatable bonds is 8. The van der Waals surface area contributed by atoms with Gasteiger partial charge in [-0.2, -0.15) is 0 Å². The van der Waals surface area contributed by atoms with Gasteiger partial charge in [0.15, 0.2) is 15.6 Å². The van der Waals surface area contributed by atoms with Gasteiger partial charge < -0.3 is 9.30 Å². The van der Waals surface area contributed by atoms with Crippen molar-refractivity contribution in [1.82, 2.24) is 9.55 Å². The van der Waals surface area contributed by atoms with Crippen LogP contribution in [-0.2, 0) is 28.6 Å². The lowest BCUT2D eigenvalue weighted by molar-refractivity contribution is 0.0972. The summed E-state index contributed by atoms with van der Waals surface area (Å²) in [5.74, 6) is 0.316. The maximum atomic E-state index is 13.4. The van der Waals surface area contributed by atoms with E-state index in [9.17, 15) is 13.2 Å². The number of fused-ring (bicyclic) bond motifs is 1. The second-order valence-electron chi connectivity index (χ2n) is 8.69. The first-order valence-electron chi connectivity index (χ1n) is 11.6. The molecule has 5 rings (SSSR count). The van der Waals surface area contributed by atoms with E-state index in [1.165, 1.54) is 0 Å². The summed E-state index contributed by atoms with van der Waals surface area (Å²) in [4.78, 5) is 17.0. The van der Waals surface area contributed by atoms with Crippen LogP contribution in [0.5, 0.6) is 5.75 Å². The Labute approximate surface area is 205 Å². The molecule has 1 heterocycles. The lowest BCUT2D eigenvalue weighted by Gasteiger charge is -2.25. The highest BCUT2D eigenvalue weighted by Gasteiger charge is 2.28. The lowest BCUT2D eigenvalue weighted by atomic mass is 9.87. The first kappa shape index (κ1) is 23.1. The zero-order chi connectivity index (χ0) is 24.3. The minimum Gasteiger partial charge on any atom is -0.484 e. The van der Waals surface area contributed by atoms with Crippen molar-refractivity contribution in [3.05, 3.63) is 114 Å². The van der Waals surface area contributed by atoms with Gasteiger partial charge in [-0.1, -0.05) is 48.5 Å². The van der Waals surface area contributed by atoms with Gasteiger partial charge in [-0.15, -0.1) is 0 Å². The van der Waals surface area contributed by atoms with Crippen molar-refractivity contribution in [1.29, 1.82) is 0 Å². The van der Waals surface area contributed by atoms with Crippen LogP contribution in [0.2, 0.25) is 0 Å². The molecule has 0 N–H and O–H groups in total. The lowest BCUT2D eigenvalue weighted by Crippen LogP contribution is -2.19. The molecule has 0 bridgehead atoms. The fourth-order valence-corrected chi connectivity index (χ4v) is 6.00. The van der Waals surface area contributed by atoms with Crippen LogP contribution in [0, 0.1) is 0 Å². The molecule has 0 spiro atoms. The standard InChI is InChI=1S/C28H26N2O4S/c31-26-13-7-12-23-24(26)14-15-27(25(23)19-35(32,33)22-10-5-2-6-11-22)34-28(18-30-17-16-29-20-30)21-8-3-1-4-9-21/h1-6,8-11,14-17,20,28H,7,12-13,18-19H2. The number of ether oxygens (including phenoxy) is 1. The van der Waals surface area contributed by atoms with E-state index in [-0.39, 0.29) is 22.5 Å². The van der Waals surface area contributed by atoms with Crippen LogP contribution in [0.4, 0.5) is 0 Å². The smallest absolute Gasteiger partial charge is 0.182 e. The molecule has 0 amide bonds. The van der Waals surface area contributed by atoms with Gasteiger partial charge in [-0.25, -0.2) is 13.4 Å². The predicted octanol–water partition coefficient (Wildman–Crippen LogP) is 5.20. The van der Waals surface area contributed by atoms with E-state index in [1.807, 2.05) is 41.1 Å².